The summed E-state index contributed by atoms with van der Waals surface area (Å²) in [7, 11) is 0. The average Bonchev–Trinajstić information content (AvgIpc) is 3.51. The number of aromatic nitrogens is 1. The van der Waals surface area contributed by atoms with Crippen LogP contribution in [0.2, 0.25) is 0 Å². The molecule has 0 bridgehead atoms. The highest BCUT2D eigenvalue weighted by Gasteiger charge is 2.28. The van der Waals surface area contributed by atoms with Crippen molar-refractivity contribution in [3.05, 3.63) is 40.4 Å². The number of anilines is 1. The van der Waals surface area contributed by atoms with E-state index in [2.05, 4.69) is 10.1 Å². The second-order valence-corrected chi connectivity index (χ2v) is 11.4. The number of fused-ring (bicyclic) bond motifs is 1. The summed E-state index contributed by atoms with van der Waals surface area (Å²) in [5.41, 5.74) is 13.5. The van der Waals surface area contributed by atoms with E-state index in [0.29, 0.717) is 37.9 Å². The Hall–Kier alpha value is -4.07. The van der Waals surface area contributed by atoms with E-state index in [0.717, 1.165) is 35.3 Å². The van der Waals surface area contributed by atoms with Gasteiger partial charge in [-0.15, -0.1) is 11.3 Å². The topological polar surface area (TPSA) is 178 Å². The summed E-state index contributed by atoms with van der Waals surface area (Å²) < 4.78 is 11.2. The summed E-state index contributed by atoms with van der Waals surface area (Å²) in [4.78, 5) is 41.2. The first-order valence-corrected chi connectivity index (χ1v) is 13.8. The Labute approximate surface area is 236 Å². The Morgan fingerprint density at radius 1 is 1.15 bits per heavy atom. The highest BCUT2D eigenvalue weighted by molar-refractivity contribution is 7.13. The number of carbonyl (C=O) groups excluding carboxylic acids is 1. The number of oxime groups is 1. The van der Waals surface area contributed by atoms with E-state index in [1.54, 1.807) is 4.90 Å². The van der Waals surface area contributed by atoms with Crippen LogP contribution in [0.5, 0.6) is 5.75 Å². The fourth-order valence-corrected chi connectivity index (χ4v) is 4.84. The molecule has 14 heteroatoms. The molecule has 1 amide bonds. The number of carbonyl (C=O) groups is 2. The number of aliphatic imine (C=N–C) groups is 1. The lowest BCUT2D eigenvalue weighted by Gasteiger charge is -2.32. The number of rotatable bonds is 8. The highest BCUT2D eigenvalue weighted by Crippen LogP contribution is 2.27. The normalized spacial score (nSPS) is 16.6. The Bertz CT molecular complexity index is 1280. The standard InChI is InChI=1S/C26H35N7O6S/c1-26(2,3)39-25(36)32-8-6-18(7-9-32)29-23(27)33-13-16-4-5-19(12-17(16)14-33)37-10-11-38-31-21(22(34)35)20-15-40-24(28)30-20/h4-5,12,15,18H,6-11,13-14H2,1-3H3,(H2,27,29)(H2,28,30)(H,34,35)/b31-21-. The largest absolute Gasteiger partial charge is 0.490 e. The number of likely N-dealkylation sites (tertiary alicyclic amines) is 1. The predicted molar refractivity (Wildman–Crippen MR) is 150 cm³/mol. The van der Waals surface area contributed by atoms with Gasteiger partial charge in [-0.25, -0.2) is 19.6 Å². The number of guanidine groups is 1. The number of aliphatic carboxylic acids is 1. The molecule has 0 unspecified atom stereocenters. The number of thiazole rings is 1. The summed E-state index contributed by atoms with van der Waals surface area (Å²) in [5.74, 6) is -0.121. The number of nitrogens with two attached hydrogens (primary N) is 2. The van der Waals surface area contributed by atoms with Crippen molar-refractivity contribution < 1.29 is 29.0 Å². The fraction of sp³-hybridized carbons (Fsp3) is 0.500. The lowest BCUT2D eigenvalue weighted by molar-refractivity contribution is -0.129. The Balaban J connectivity index is 1.23. The highest BCUT2D eigenvalue weighted by atomic mass is 32.1. The summed E-state index contributed by atoms with van der Waals surface area (Å²) in [6, 6.07) is 5.86. The number of nitrogen functional groups attached to an aromatic ring is 1. The van der Waals surface area contributed by atoms with Gasteiger partial charge >= 0.3 is 12.1 Å². The number of hydrogen-bond acceptors (Lipinski definition) is 10. The van der Waals surface area contributed by atoms with Crippen LogP contribution in [0.4, 0.5) is 9.93 Å². The molecule has 0 radical (unpaired) electrons. The number of carboxylic acid groups (broad SMARTS) is 1. The van der Waals surface area contributed by atoms with Gasteiger partial charge < -0.3 is 40.7 Å². The van der Waals surface area contributed by atoms with E-state index in [1.165, 1.54) is 5.38 Å². The van der Waals surface area contributed by atoms with Crippen molar-refractivity contribution in [2.75, 3.05) is 32.0 Å². The Morgan fingerprint density at radius 3 is 2.52 bits per heavy atom. The van der Waals surface area contributed by atoms with Crippen LogP contribution in [-0.4, -0.2) is 81.6 Å². The van der Waals surface area contributed by atoms with E-state index >= 15 is 0 Å². The average molecular weight is 574 g/mol. The van der Waals surface area contributed by atoms with E-state index in [4.69, 9.17) is 30.8 Å². The Kier molecular flexibility index (Phi) is 8.97. The molecule has 1 saturated heterocycles. The second-order valence-electron chi connectivity index (χ2n) is 10.5. The number of piperidine rings is 1. The molecule has 2 aliphatic rings. The van der Waals surface area contributed by atoms with Gasteiger partial charge in [0.1, 0.15) is 23.7 Å². The third-order valence-electron chi connectivity index (χ3n) is 6.22. The zero-order chi connectivity index (χ0) is 28.9. The smallest absolute Gasteiger partial charge is 0.410 e. The minimum absolute atomic E-state index is 0.0476. The number of hydrogen-bond donors (Lipinski definition) is 3. The van der Waals surface area contributed by atoms with E-state index in [9.17, 15) is 14.7 Å². The van der Waals surface area contributed by atoms with Gasteiger partial charge in [-0.3, -0.25) is 0 Å². The molecule has 3 heterocycles. The molecule has 216 valence electrons. The van der Waals surface area contributed by atoms with Crippen molar-refractivity contribution in [3.8, 4) is 5.75 Å². The maximum absolute atomic E-state index is 12.3. The molecule has 0 aliphatic carbocycles. The zero-order valence-corrected chi connectivity index (χ0v) is 23.6. The van der Waals surface area contributed by atoms with Crippen LogP contribution < -0.4 is 16.2 Å². The molecule has 13 nitrogen and oxygen atoms in total. The van der Waals surface area contributed by atoms with Crippen molar-refractivity contribution in [1.82, 2.24) is 14.8 Å². The zero-order valence-electron chi connectivity index (χ0n) is 22.8. The first-order chi connectivity index (χ1) is 19.0. The van der Waals surface area contributed by atoms with Crippen LogP contribution in [0.3, 0.4) is 0 Å². The van der Waals surface area contributed by atoms with Gasteiger partial charge in [-0.05, 0) is 56.9 Å². The van der Waals surface area contributed by atoms with Gasteiger partial charge in [-0.2, -0.15) is 0 Å². The molecule has 0 saturated carbocycles. The minimum Gasteiger partial charge on any atom is -0.490 e. The molecule has 1 aromatic carbocycles. The maximum atomic E-state index is 12.3. The first kappa shape index (κ1) is 28.9. The molecule has 2 aliphatic heterocycles. The van der Waals surface area contributed by atoms with Crippen molar-refractivity contribution in [2.45, 2.75) is 58.3 Å². The lowest BCUT2D eigenvalue weighted by Crippen LogP contribution is -2.43. The molecular formula is C26H35N7O6S. The van der Waals surface area contributed by atoms with Crippen LogP contribution in [0.1, 0.15) is 50.4 Å². The van der Waals surface area contributed by atoms with E-state index in [1.807, 2.05) is 43.9 Å². The van der Waals surface area contributed by atoms with Crippen LogP contribution >= 0.6 is 11.3 Å². The van der Waals surface area contributed by atoms with Gasteiger partial charge in [0.2, 0.25) is 5.71 Å². The van der Waals surface area contributed by atoms with E-state index < -0.39 is 11.6 Å². The van der Waals surface area contributed by atoms with Crippen LogP contribution in [0, 0.1) is 0 Å². The molecule has 0 spiro atoms. The number of benzene rings is 1. The molecule has 5 N–H and O–H groups in total. The SMILES string of the molecule is CC(C)(C)OC(=O)N1CCC(N=C(N)N2Cc3ccc(OCCO/N=C(\C(=O)O)c4csc(N)n4)cc3C2)CC1. The molecule has 4 rings (SSSR count). The van der Waals surface area contributed by atoms with Crippen molar-refractivity contribution in [1.29, 1.82) is 0 Å². The molecular weight excluding hydrogens is 538 g/mol. The number of ether oxygens (including phenoxy) is 2. The van der Waals surface area contributed by atoms with Crippen molar-refractivity contribution in [2.24, 2.45) is 15.9 Å². The minimum atomic E-state index is -1.26. The summed E-state index contributed by atoms with van der Waals surface area (Å²) >= 11 is 1.12. The molecule has 0 atom stereocenters. The quantitative estimate of drug-likeness (QED) is 0.184. The monoisotopic (exact) mass is 573 g/mol. The van der Waals surface area contributed by atoms with Gasteiger partial charge in [0, 0.05) is 31.6 Å². The number of nitrogens with zero attached hydrogens (tertiary/aromatic N) is 5. The number of amides is 1. The number of carboxylic acids is 1. The third-order valence-corrected chi connectivity index (χ3v) is 6.90. The van der Waals surface area contributed by atoms with Gasteiger partial charge in [0.15, 0.2) is 17.7 Å². The lowest BCUT2D eigenvalue weighted by atomic mass is 10.1. The maximum Gasteiger partial charge on any atom is 0.410 e. The summed E-state index contributed by atoms with van der Waals surface area (Å²) in [6.07, 6.45) is 1.18. The van der Waals surface area contributed by atoms with Gasteiger partial charge in [0.05, 0.1) is 6.04 Å². The molecule has 2 aromatic rings. The first-order valence-electron chi connectivity index (χ1n) is 12.9. The van der Waals surface area contributed by atoms with Crippen LogP contribution in [-0.2, 0) is 27.5 Å². The second kappa shape index (κ2) is 12.4. The van der Waals surface area contributed by atoms with Gasteiger partial charge in [0.25, 0.3) is 0 Å². The summed E-state index contributed by atoms with van der Waals surface area (Å²) in [5, 5.41) is 14.7. The molecule has 1 aromatic heterocycles. The fourth-order valence-electron chi connectivity index (χ4n) is 4.29. The van der Waals surface area contributed by atoms with E-state index in [-0.39, 0.29) is 41.9 Å². The Morgan fingerprint density at radius 2 is 1.88 bits per heavy atom. The third kappa shape index (κ3) is 7.74. The van der Waals surface area contributed by atoms with Crippen LogP contribution in [0.15, 0.2) is 33.7 Å². The van der Waals surface area contributed by atoms with Crippen molar-refractivity contribution >= 4 is 40.2 Å². The predicted octanol–water partition coefficient (Wildman–Crippen LogP) is 2.64. The molecule has 1 fully saturated rings. The van der Waals surface area contributed by atoms with Crippen molar-refractivity contribution in [3.63, 3.8) is 0 Å². The van der Waals surface area contributed by atoms with Gasteiger partial charge in [-0.1, -0.05) is 11.2 Å². The molecule has 40 heavy (non-hydrogen) atoms. The summed E-state index contributed by atoms with van der Waals surface area (Å²) in [6.45, 7) is 8.23. The van der Waals surface area contributed by atoms with Crippen LogP contribution in [0.25, 0.3) is 0 Å².